The molecule has 2 aromatic rings. The number of H-pyrrole nitrogens is 1. The Balaban J connectivity index is 1.36. The van der Waals surface area contributed by atoms with Gasteiger partial charge in [-0.15, -0.1) is 10.2 Å². The third kappa shape index (κ3) is 3.52. The minimum absolute atomic E-state index is 0.0710. The number of sulfonamides is 1. The molecule has 0 radical (unpaired) electrons. The van der Waals surface area contributed by atoms with Crippen LogP contribution in [0.25, 0.3) is 0 Å². The van der Waals surface area contributed by atoms with E-state index in [2.05, 4.69) is 38.8 Å². The Labute approximate surface area is 177 Å². The van der Waals surface area contributed by atoms with E-state index in [1.54, 1.807) is 0 Å². The number of hydrogen-bond acceptors (Lipinski definition) is 6. The van der Waals surface area contributed by atoms with E-state index < -0.39 is 10.0 Å². The molecule has 0 spiro atoms. The molecule has 0 amide bonds. The molecule has 1 aliphatic heterocycles. The second kappa shape index (κ2) is 7.94. The van der Waals surface area contributed by atoms with Crippen molar-refractivity contribution in [1.82, 2.24) is 24.8 Å². The molecule has 3 aliphatic rings. The van der Waals surface area contributed by atoms with Crippen molar-refractivity contribution in [3.05, 3.63) is 28.3 Å². The molecule has 1 saturated heterocycles. The number of benzene rings is 1. The lowest BCUT2D eigenvalue weighted by atomic mass is 9.99. The maximum Gasteiger partial charge on any atom is 0.278 e. The smallest absolute Gasteiger partial charge is 0.278 e. The topological polar surface area (TPSA) is 103 Å². The van der Waals surface area contributed by atoms with Crippen LogP contribution >= 0.6 is 0 Å². The molecule has 1 atom stereocenters. The quantitative estimate of drug-likeness (QED) is 0.622. The van der Waals surface area contributed by atoms with Crippen LogP contribution in [0.5, 0.6) is 0 Å². The van der Waals surface area contributed by atoms with Gasteiger partial charge in [0.15, 0.2) is 0 Å². The average molecular weight is 431 g/mol. The average Bonchev–Trinajstić information content (AvgIpc) is 3.52. The fourth-order valence-electron chi connectivity index (χ4n) is 5.16. The lowest BCUT2D eigenvalue weighted by molar-refractivity contribution is 0.443. The first kappa shape index (κ1) is 20.0. The number of nitrogens with one attached hydrogen (secondary N) is 3. The van der Waals surface area contributed by atoms with Gasteiger partial charge in [-0.2, -0.15) is 4.31 Å². The maximum absolute atomic E-state index is 13.0. The fraction of sp³-hybridized carbons (Fsp3) is 0.619. The summed E-state index contributed by atoms with van der Waals surface area (Å²) in [5, 5.41) is 14.8. The van der Waals surface area contributed by atoms with Gasteiger partial charge in [0.1, 0.15) is 0 Å². The van der Waals surface area contributed by atoms with Crippen molar-refractivity contribution in [2.24, 2.45) is 5.92 Å². The van der Waals surface area contributed by atoms with Crippen LogP contribution in [0.1, 0.15) is 48.4 Å². The van der Waals surface area contributed by atoms with Gasteiger partial charge < -0.3 is 10.6 Å². The number of hydrogen-bond donors (Lipinski definition) is 3. The highest BCUT2D eigenvalue weighted by Crippen LogP contribution is 2.39. The molecule has 0 saturated carbocycles. The first-order chi connectivity index (χ1) is 14.6. The first-order valence-corrected chi connectivity index (χ1v) is 12.6. The van der Waals surface area contributed by atoms with Crippen molar-refractivity contribution >= 4 is 21.7 Å². The number of fused-ring (bicyclic) bond motifs is 2. The van der Waals surface area contributed by atoms with Crippen molar-refractivity contribution in [1.29, 1.82) is 0 Å². The SMILES string of the molecule is CCNCC1CCN(S(=O)(=O)c2nnc(Nc3c4c(cc5c3CCC5)CCC4)[nH]2)C1. The van der Waals surface area contributed by atoms with Crippen molar-refractivity contribution in [3.63, 3.8) is 0 Å². The zero-order chi connectivity index (χ0) is 20.7. The van der Waals surface area contributed by atoms with Gasteiger partial charge in [-0.1, -0.05) is 13.0 Å². The van der Waals surface area contributed by atoms with Gasteiger partial charge in [-0.05, 0) is 86.2 Å². The molecular formula is C21H30N6O2S. The molecule has 162 valence electrons. The second-order valence-corrected chi connectivity index (χ2v) is 10.5. The Morgan fingerprint density at radius 3 is 2.57 bits per heavy atom. The van der Waals surface area contributed by atoms with Crippen LogP contribution in [0.15, 0.2) is 11.2 Å². The Morgan fingerprint density at radius 2 is 1.87 bits per heavy atom. The maximum atomic E-state index is 13.0. The predicted octanol–water partition coefficient (Wildman–Crippen LogP) is 2.15. The first-order valence-electron chi connectivity index (χ1n) is 11.1. The van der Waals surface area contributed by atoms with Gasteiger partial charge in [0.05, 0.1) is 0 Å². The predicted molar refractivity (Wildman–Crippen MR) is 116 cm³/mol. The van der Waals surface area contributed by atoms with Gasteiger partial charge in [-0.3, -0.25) is 4.98 Å². The summed E-state index contributed by atoms with van der Waals surface area (Å²) < 4.78 is 27.6. The van der Waals surface area contributed by atoms with E-state index in [4.69, 9.17) is 0 Å². The van der Waals surface area contributed by atoms with Gasteiger partial charge >= 0.3 is 0 Å². The molecule has 1 aromatic heterocycles. The molecule has 1 unspecified atom stereocenters. The van der Waals surface area contributed by atoms with Crippen LogP contribution in [-0.2, 0) is 35.7 Å². The number of aryl methyl sites for hydroxylation is 2. The highest BCUT2D eigenvalue weighted by Gasteiger charge is 2.35. The summed E-state index contributed by atoms with van der Waals surface area (Å²) >= 11 is 0. The molecule has 1 fully saturated rings. The van der Waals surface area contributed by atoms with E-state index in [1.807, 2.05) is 0 Å². The molecule has 2 aliphatic carbocycles. The van der Waals surface area contributed by atoms with E-state index in [-0.39, 0.29) is 5.16 Å². The van der Waals surface area contributed by atoms with E-state index in [1.165, 1.54) is 39.4 Å². The fourth-order valence-corrected chi connectivity index (χ4v) is 6.52. The minimum Gasteiger partial charge on any atom is -0.324 e. The second-order valence-electron chi connectivity index (χ2n) is 8.66. The standard InChI is InChI=1S/C21H30N6O2S/c1-2-22-12-14-9-10-27(13-14)30(28,29)21-24-20(25-26-21)23-19-17-7-3-5-15(17)11-16-6-4-8-18(16)19/h11,14,22H,2-10,12-13H2,1H3,(H2,23,24,25,26). The van der Waals surface area contributed by atoms with Gasteiger partial charge in [-0.25, -0.2) is 8.42 Å². The van der Waals surface area contributed by atoms with Crippen LogP contribution in [-0.4, -0.2) is 54.1 Å². The summed E-state index contributed by atoms with van der Waals surface area (Å²) in [4.78, 5) is 2.94. The van der Waals surface area contributed by atoms with E-state index >= 15 is 0 Å². The molecule has 30 heavy (non-hydrogen) atoms. The lowest BCUT2D eigenvalue weighted by Crippen LogP contribution is -2.31. The third-order valence-corrected chi connectivity index (χ3v) is 8.38. The minimum atomic E-state index is -3.65. The van der Waals surface area contributed by atoms with Crippen LogP contribution in [0.4, 0.5) is 11.6 Å². The molecule has 0 bridgehead atoms. The molecule has 2 heterocycles. The Bertz CT molecular complexity index is 1020. The zero-order valence-corrected chi connectivity index (χ0v) is 18.3. The lowest BCUT2D eigenvalue weighted by Gasteiger charge is -2.16. The van der Waals surface area contributed by atoms with Crippen molar-refractivity contribution < 1.29 is 8.42 Å². The van der Waals surface area contributed by atoms with Crippen LogP contribution < -0.4 is 10.6 Å². The summed E-state index contributed by atoms with van der Waals surface area (Å²) in [5.74, 6) is 0.751. The summed E-state index contributed by atoms with van der Waals surface area (Å²) in [6, 6.07) is 2.38. The summed E-state index contributed by atoms with van der Waals surface area (Å²) in [6.07, 6.45) is 7.58. The van der Waals surface area contributed by atoms with Gasteiger partial charge in [0, 0.05) is 18.8 Å². The highest BCUT2D eigenvalue weighted by molar-refractivity contribution is 7.89. The summed E-state index contributed by atoms with van der Waals surface area (Å²) in [7, 11) is -3.65. The van der Waals surface area contributed by atoms with Crippen LogP contribution in [0.2, 0.25) is 0 Å². The van der Waals surface area contributed by atoms with Crippen LogP contribution in [0, 0.1) is 5.92 Å². The summed E-state index contributed by atoms with van der Waals surface area (Å²) in [6.45, 7) is 4.85. The molecule has 1 aromatic carbocycles. The zero-order valence-electron chi connectivity index (χ0n) is 17.5. The van der Waals surface area contributed by atoms with Crippen LogP contribution in [0.3, 0.4) is 0 Å². The number of rotatable bonds is 7. The Morgan fingerprint density at radius 1 is 1.13 bits per heavy atom. The number of anilines is 2. The molecule has 5 rings (SSSR count). The summed E-state index contributed by atoms with van der Waals surface area (Å²) in [5.41, 5.74) is 6.71. The molecule has 8 nitrogen and oxygen atoms in total. The van der Waals surface area contributed by atoms with E-state index in [0.717, 1.165) is 50.9 Å². The number of aromatic nitrogens is 3. The van der Waals surface area contributed by atoms with Crippen molar-refractivity contribution in [2.75, 3.05) is 31.5 Å². The van der Waals surface area contributed by atoms with Crippen molar-refractivity contribution in [2.45, 2.75) is 57.0 Å². The third-order valence-electron chi connectivity index (χ3n) is 6.70. The molecule has 3 N–H and O–H groups in total. The Kier molecular flexibility index (Phi) is 5.28. The number of nitrogens with zero attached hydrogens (tertiary/aromatic N) is 3. The highest BCUT2D eigenvalue weighted by atomic mass is 32.2. The number of aromatic amines is 1. The Hall–Kier alpha value is -1.97. The van der Waals surface area contributed by atoms with E-state index in [9.17, 15) is 8.42 Å². The van der Waals surface area contributed by atoms with E-state index in [0.29, 0.717) is 25.0 Å². The van der Waals surface area contributed by atoms with Gasteiger partial charge in [0.2, 0.25) is 5.95 Å². The van der Waals surface area contributed by atoms with Crippen molar-refractivity contribution in [3.8, 4) is 0 Å². The molecule has 9 heteroatoms. The monoisotopic (exact) mass is 430 g/mol. The normalized spacial score (nSPS) is 21.2. The largest absolute Gasteiger partial charge is 0.324 e. The molecular weight excluding hydrogens is 400 g/mol. The van der Waals surface area contributed by atoms with Gasteiger partial charge in [0.25, 0.3) is 15.2 Å².